The number of aromatic nitrogens is 2. The van der Waals surface area contributed by atoms with Crippen molar-refractivity contribution in [2.45, 2.75) is 18.9 Å². The Hall–Kier alpha value is -1.03. The van der Waals surface area contributed by atoms with Crippen LogP contribution in [0.5, 0.6) is 0 Å². The number of piperidine rings is 1. The number of anilines is 1. The molecule has 0 radical (unpaired) electrons. The topological polar surface area (TPSA) is 47.1 Å². The monoisotopic (exact) mass is 180 g/mol. The highest BCUT2D eigenvalue weighted by molar-refractivity contribution is 5.37. The van der Waals surface area contributed by atoms with Crippen LogP contribution < -0.4 is 10.6 Å². The molecule has 1 saturated heterocycles. The Morgan fingerprint density at radius 1 is 1.46 bits per heavy atom. The van der Waals surface area contributed by atoms with Crippen molar-refractivity contribution in [1.29, 1.82) is 0 Å². The zero-order chi connectivity index (χ0) is 9.26. The van der Waals surface area contributed by atoms with Crippen molar-refractivity contribution in [1.82, 2.24) is 9.78 Å². The number of aryl methyl sites for hydroxylation is 1. The lowest BCUT2D eigenvalue weighted by molar-refractivity contribution is 0.497. The summed E-state index contributed by atoms with van der Waals surface area (Å²) in [6.07, 6.45) is 4.14. The van der Waals surface area contributed by atoms with Gasteiger partial charge in [0.15, 0.2) is 5.82 Å². The first-order valence-electron chi connectivity index (χ1n) is 4.76. The number of hydrogen-bond donors (Lipinski definition) is 1. The van der Waals surface area contributed by atoms with E-state index in [1.165, 1.54) is 0 Å². The summed E-state index contributed by atoms with van der Waals surface area (Å²) in [5.74, 6) is 1.08. The van der Waals surface area contributed by atoms with Crippen molar-refractivity contribution in [3.05, 3.63) is 12.3 Å². The van der Waals surface area contributed by atoms with Crippen molar-refractivity contribution in [2.24, 2.45) is 12.8 Å². The minimum atomic E-state index is 0.389. The summed E-state index contributed by atoms with van der Waals surface area (Å²) in [6.45, 7) is 2.08. The van der Waals surface area contributed by atoms with Crippen LogP contribution in [0.1, 0.15) is 12.8 Å². The summed E-state index contributed by atoms with van der Waals surface area (Å²) in [4.78, 5) is 2.30. The van der Waals surface area contributed by atoms with E-state index in [-0.39, 0.29) is 0 Å². The standard InChI is InChI=1S/C9H16N4/c1-12-5-4-9(11-12)13-6-2-8(10)3-7-13/h4-5,8H,2-3,6-7,10H2,1H3. The Morgan fingerprint density at radius 3 is 2.69 bits per heavy atom. The number of hydrogen-bond acceptors (Lipinski definition) is 3. The second kappa shape index (κ2) is 3.38. The molecule has 4 heteroatoms. The molecule has 1 aromatic rings. The summed E-state index contributed by atoms with van der Waals surface area (Å²) < 4.78 is 1.84. The summed E-state index contributed by atoms with van der Waals surface area (Å²) in [7, 11) is 1.94. The normalized spacial score (nSPS) is 19.4. The molecular formula is C9H16N4. The summed E-state index contributed by atoms with van der Waals surface area (Å²) >= 11 is 0. The van der Waals surface area contributed by atoms with Crippen molar-refractivity contribution in [2.75, 3.05) is 18.0 Å². The first kappa shape index (κ1) is 8.56. The Bertz CT molecular complexity index is 273. The van der Waals surface area contributed by atoms with Gasteiger partial charge >= 0.3 is 0 Å². The maximum atomic E-state index is 5.83. The largest absolute Gasteiger partial charge is 0.355 e. The predicted molar refractivity (Wildman–Crippen MR) is 52.6 cm³/mol. The molecule has 0 aromatic carbocycles. The van der Waals surface area contributed by atoms with Gasteiger partial charge in [-0.05, 0) is 12.8 Å². The fourth-order valence-electron chi connectivity index (χ4n) is 1.70. The van der Waals surface area contributed by atoms with Crippen LogP contribution in [0.3, 0.4) is 0 Å². The van der Waals surface area contributed by atoms with Crippen LogP contribution in [-0.4, -0.2) is 28.9 Å². The Kier molecular flexibility index (Phi) is 2.22. The first-order chi connectivity index (χ1) is 6.25. The number of nitrogens with two attached hydrogens (primary N) is 1. The molecule has 0 saturated carbocycles. The number of nitrogens with zero attached hydrogens (tertiary/aromatic N) is 3. The van der Waals surface area contributed by atoms with Gasteiger partial charge in [-0.15, -0.1) is 0 Å². The third-order valence-corrected chi connectivity index (χ3v) is 2.56. The quantitative estimate of drug-likeness (QED) is 0.678. The predicted octanol–water partition coefficient (Wildman–Crippen LogP) is 0.348. The number of rotatable bonds is 1. The lowest BCUT2D eigenvalue weighted by Crippen LogP contribution is -2.39. The van der Waals surface area contributed by atoms with Crippen LogP contribution in [-0.2, 0) is 7.05 Å². The van der Waals surface area contributed by atoms with Crippen LogP contribution in [0.2, 0.25) is 0 Å². The van der Waals surface area contributed by atoms with E-state index in [1.54, 1.807) is 0 Å². The lowest BCUT2D eigenvalue weighted by Gasteiger charge is -2.29. The summed E-state index contributed by atoms with van der Waals surface area (Å²) in [6, 6.07) is 2.44. The van der Waals surface area contributed by atoms with Gasteiger partial charge in [-0.25, -0.2) is 0 Å². The van der Waals surface area contributed by atoms with E-state index in [9.17, 15) is 0 Å². The van der Waals surface area contributed by atoms with Crippen molar-refractivity contribution < 1.29 is 0 Å². The van der Waals surface area contributed by atoms with Gasteiger partial charge in [0.25, 0.3) is 0 Å². The van der Waals surface area contributed by atoms with Crippen molar-refractivity contribution in [3.8, 4) is 0 Å². The van der Waals surface area contributed by atoms with Gasteiger partial charge < -0.3 is 10.6 Å². The first-order valence-corrected chi connectivity index (χ1v) is 4.76. The highest BCUT2D eigenvalue weighted by Crippen LogP contribution is 2.16. The van der Waals surface area contributed by atoms with Gasteiger partial charge in [0.1, 0.15) is 0 Å². The van der Waals surface area contributed by atoms with E-state index >= 15 is 0 Å². The van der Waals surface area contributed by atoms with Crippen LogP contribution in [0, 0.1) is 0 Å². The van der Waals surface area contributed by atoms with Crippen LogP contribution in [0.25, 0.3) is 0 Å². The molecule has 0 atom stereocenters. The minimum absolute atomic E-state index is 0.389. The van der Waals surface area contributed by atoms with Gasteiger partial charge in [0, 0.05) is 38.4 Å². The Labute approximate surface area is 78.3 Å². The molecule has 1 aliphatic heterocycles. The molecule has 0 aliphatic carbocycles. The lowest BCUT2D eigenvalue weighted by atomic mass is 10.1. The molecule has 1 fully saturated rings. The van der Waals surface area contributed by atoms with E-state index in [0.29, 0.717) is 6.04 Å². The van der Waals surface area contributed by atoms with E-state index in [4.69, 9.17) is 5.73 Å². The molecule has 2 N–H and O–H groups in total. The van der Waals surface area contributed by atoms with E-state index in [1.807, 2.05) is 17.9 Å². The molecule has 2 rings (SSSR count). The Morgan fingerprint density at radius 2 is 2.15 bits per heavy atom. The molecule has 1 aromatic heterocycles. The third-order valence-electron chi connectivity index (χ3n) is 2.56. The molecule has 0 bridgehead atoms. The van der Waals surface area contributed by atoms with E-state index < -0.39 is 0 Å². The average Bonchev–Trinajstić information content (AvgIpc) is 2.53. The van der Waals surface area contributed by atoms with Crippen LogP contribution in [0.4, 0.5) is 5.82 Å². The maximum Gasteiger partial charge on any atom is 0.150 e. The van der Waals surface area contributed by atoms with E-state index in [0.717, 1.165) is 31.7 Å². The molecule has 13 heavy (non-hydrogen) atoms. The SMILES string of the molecule is Cn1ccc(N2CCC(N)CC2)n1. The molecule has 0 amide bonds. The van der Waals surface area contributed by atoms with Crippen molar-refractivity contribution >= 4 is 5.82 Å². The molecule has 4 nitrogen and oxygen atoms in total. The minimum Gasteiger partial charge on any atom is -0.355 e. The average molecular weight is 180 g/mol. The van der Waals surface area contributed by atoms with Gasteiger partial charge in [0.05, 0.1) is 0 Å². The van der Waals surface area contributed by atoms with Gasteiger partial charge in [0.2, 0.25) is 0 Å². The van der Waals surface area contributed by atoms with Crippen LogP contribution >= 0.6 is 0 Å². The zero-order valence-corrected chi connectivity index (χ0v) is 7.98. The van der Waals surface area contributed by atoms with E-state index in [2.05, 4.69) is 16.1 Å². The fraction of sp³-hybridized carbons (Fsp3) is 0.667. The molecule has 72 valence electrons. The molecule has 1 aliphatic rings. The summed E-state index contributed by atoms with van der Waals surface area (Å²) in [5, 5.41) is 4.36. The molecular weight excluding hydrogens is 164 g/mol. The molecule has 2 heterocycles. The summed E-state index contributed by atoms with van der Waals surface area (Å²) in [5.41, 5.74) is 5.83. The second-order valence-corrected chi connectivity index (χ2v) is 3.67. The highest BCUT2D eigenvalue weighted by Gasteiger charge is 2.17. The maximum absolute atomic E-state index is 5.83. The fourth-order valence-corrected chi connectivity index (χ4v) is 1.70. The second-order valence-electron chi connectivity index (χ2n) is 3.67. The van der Waals surface area contributed by atoms with Gasteiger partial charge in [-0.3, -0.25) is 4.68 Å². The van der Waals surface area contributed by atoms with Crippen molar-refractivity contribution in [3.63, 3.8) is 0 Å². The molecule has 0 unspecified atom stereocenters. The molecule has 0 spiro atoms. The van der Waals surface area contributed by atoms with Gasteiger partial charge in [-0.1, -0.05) is 0 Å². The highest BCUT2D eigenvalue weighted by atomic mass is 15.3. The Balaban J connectivity index is 2.02. The smallest absolute Gasteiger partial charge is 0.150 e. The van der Waals surface area contributed by atoms with Gasteiger partial charge in [-0.2, -0.15) is 5.10 Å². The van der Waals surface area contributed by atoms with Crippen LogP contribution in [0.15, 0.2) is 12.3 Å². The zero-order valence-electron chi connectivity index (χ0n) is 7.98. The third kappa shape index (κ3) is 1.83.